The van der Waals surface area contributed by atoms with Crippen LogP contribution >= 0.6 is 0 Å². The van der Waals surface area contributed by atoms with E-state index in [-0.39, 0.29) is 18.8 Å². The number of hydrogen-bond acceptors (Lipinski definition) is 5. The van der Waals surface area contributed by atoms with Gasteiger partial charge in [0.05, 0.1) is 18.4 Å². The summed E-state index contributed by atoms with van der Waals surface area (Å²) in [6.45, 7) is 1.70. The molecule has 2 fully saturated rings. The van der Waals surface area contributed by atoms with Crippen LogP contribution in [0.5, 0.6) is 0 Å². The number of hydrogen-bond donors (Lipinski definition) is 2. The largest absolute Gasteiger partial charge is 0.381 e. The molecule has 0 aromatic heterocycles. The van der Waals surface area contributed by atoms with Crippen LogP contribution in [0.4, 0.5) is 4.39 Å². The van der Waals surface area contributed by atoms with Gasteiger partial charge in [0, 0.05) is 30.7 Å². The molecular formula is C25H31FN2O5S. The highest BCUT2D eigenvalue weighted by Crippen LogP contribution is 2.55. The molecule has 184 valence electrons. The maximum atomic E-state index is 15.6. The minimum Gasteiger partial charge on any atom is -0.381 e. The van der Waals surface area contributed by atoms with Crippen molar-refractivity contribution < 1.29 is 27.4 Å². The first-order valence-corrected chi connectivity index (χ1v) is 13.2. The number of sulfonamides is 1. The van der Waals surface area contributed by atoms with Crippen LogP contribution in [0, 0.1) is 11.2 Å². The molecule has 0 radical (unpaired) electrons. The van der Waals surface area contributed by atoms with Gasteiger partial charge < -0.3 is 14.7 Å². The summed E-state index contributed by atoms with van der Waals surface area (Å²) >= 11 is 0. The van der Waals surface area contributed by atoms with Crippen molar-refractivity contribution in [1.29, 1.82) is 0 Å². The van der Waals surface area contributed by atoms with Gasteiger partial charge in [0.2, 0.25) is 10.0 Å². The minimum atomic E-state index is -3.57. The smallest absolute Gasteiger partial charge is 0.254 e. The summed E-state index contributed by atoms with van der Waals surface area (Å²) in [6.07, 6.45) is 0.274. The van der Waals surface area contributed by atoms with E-state index in [2.05, 4.69) is 4.72 Å². The van der Waals surface area contributed by atoms with E-state index < -0.39 is 45.4 Å². The van der Waals surface area contributed by atoms with E-state index in [1.54, 1.807) is 25.1 Å². The van der Waals surface area contributed by atoms with Gasteiger partial charge in [-0.3, -0.25) is 4.79 Å². The number of rotatable bonds is 9. The number of ether oxygens (including phenoxy) is 1. The van der Waals surface area contributed by atoms with Gasteiger partial charge in [-0.2, -0.15) is 0 Å². The zero-order chi connectivity index (χ0) is 24.5. The van der Waals surface area contributed by atoms with Crippen molar-refractivity contribution in [2.45, 2.75) is 44.4 Å². The predicted octanol–water partition coefficient (Wildman–Crippen LogP) is 2.34. The van der Waals surface area contributed by atoms with Gasteiger partial charge in [0.15, 0.2) is 6.10 Å². The second kappa shape index (κ2) is 9.73. The Balaban J connectivity index is 1.71. The summed E-state index contributed by atoms with van der Waals surface area (Å²) in [7, 11) is -2.18. The fourth-order valence-corrected chi connectivity index (χ4v) is 5.91. The molecule has 4 rings (SSSR count). The SMILES string of the molecule is CCS(=O)(=O)N[C@@H]1[C@H](Cc2cccc(-c3ccccc3)c2F)N(C(=O)[C@H](O)COC)CC12CC2. The molecule has 2 N–H and O–H groups in total. The summed E-state index contributed by atoms with van der Waals surface area (Å²) in [5, 5.41) is 10.3. The molecule has 2 aromatic rings. The van der Waals surface area contributed by atoms with Gasteiger partial charge >= 0.3 is 0 Å². The van der Waals surface area contributed by atoms with E-state index in [1.165, 1.54) is 12.0 Å². The van der Waals surface area contributed by atoms with Crippen LogP contribution in [-0.4, -0.2) is 68.5 Å². The van der Waals surface area contributed by atoms with Crippen LogP contribution in [0.3, 0.4) is 0 Å². The van der Waals surface area contributed by atoms with Crippen LogP contribution in [0.15, 0.2) is 48.5 Å². The first-order chi connectivity index (χ1) is 16.2. The third kappa shape index (κ3) is 4.88. The molecule has 34 heavy (non-hydrogen) atoms. The number of halogens is 1. The fraction of sp³-hybridized carbons (Fsp3) is 0.480. The maximum absolute atomic E-state index is 15.6. The van der Waals surface area contributed by atoms with E-state index in [1.807, 2.05) is 30.3 Å². The zero-order valence-electron chi connectivity index (χ0n) is 19.4. The molecule has 1 spiro atoms. The lowest BCUT2D eigenvalue weighted by Gasteiger charge is -2.30. The molecule has 7 nitrogen and oxygen atoms in total. The molecule has 1 saturated heterocycles. The third-order valence-corrected chi connectivity index (χ3v) is 8.37. The van der Waals surface area contributed by atoms with Crippen molar-refractivity contribution in [2.75, 3.05) is 26.0 Å². The lowest BCUT2D eigenvalue weighted by atomic mass is 9.91. The quantitative estimate of drug-likeness (QED) is 0.563. The van der Waals surface area contributed by atoms with Crippen molar-refractivity contribution in [1.82, 2.24) is 9.62 Å². The Morgan fingerprint density at radius 1 is 1.24 bits per heavy atom. The molecule has 2 aromatic carbocycles. The Hall–Kier alpha value is -2.33. The molecule has 3 atom stereocenters. The number of likely N-dealkylation sites (tertiary alicyclic amines) is 1. The number of methoxy groups -OCH3 is 1. The first-order valence-electron chi connectivity index (χ1n) is 11.5. The molecule has 0 unspecified atom stereocenters. The molecular weight excluding hydrogens is 459 g/mol. The number of carbonyl (C=O) groups excluding carboxylic acids is 1. The van der Waals surface area contributed by atoms with Crippen LogP contribution in [0.25, 0.3) is 11.1 Å². The fourth-order valence-electron chi connectivity index (χ4n) is 4.95. The summed E-state index contributed by atoms with van der Waals surface area (Å²) in [4.78, 5) is 14.7. The Kier molecular flexibility index (Phi) is 7.09. The van der Waals surface area contributed by atoms with Gasteiger partial charge in [0.25, 0.3) is 5.91 Å². The summed E-state index contributed by atoms with van der Waals surface area (Å²) in [6, 6.07) is 13.1. The van der Waals surface area contributed by atoms with Crippen molar-refractivity contribution in [3.05, 3.63) is 59.9 Å². The number of carbonyl (C=O) groups is 1. The molecule has 2 aliphatic rings. The Morgan fingerprint density at radius 3 is 2.56 bits per heavy atom. The van der Waals surface area contributed by atoms with E-state index in [0.29, 0.717) is 17.7 Å². The van der Waals surface area contributed by atoms with Crippen molar-refractivity contribution >= 4 is 15.9 Å². The molecule has 0 bridgehead atoms. The highest BCUT2D eigenvalue weighted by atomic mass is 32.2. The van der Waals surface area contributed by atoms with Crippen molar-refractivity contribution in [3.8, 4) is 11.1 Å². The Bertz CT molecular complexity index is 1140. The van der Waals surface area contributed by atoms with Crippen LogP contribution in [0.2, 0.25) is 0 Å². The van der Waals surface area contributed by atoms with Gasteiger partial charge in [0.1, 0.15) is 5.82 Å². The van der Waals surface area contributed by atoms with Gasteiger partial charge in [-0.05, 0) is 37.3 Å². The molecule has 9 heteroatoms. The lowest BCUT2D eigenvalue weighted by Crippen LogP contribution is -2.52. The second-order valence-corrected chi connectivity index (χ2v) is 11.3. The molecule has 1 aliphatic carbocycles. The van der Waals surface area contributed by atoms with Crippen molar-refractivity contribution in [2.24, 2.45) is 5.41 Å². The van der Waals surface area contributed by atoms with Crippen LogP contribution in [0.1, 0.15) is 25.3 Å². The topological polar surface area (TPSA) is 95.9 Å². The molecule has 1 heterocycles. The number of nitrogens with one attached hydrogen (secondary N) is 1. The number of amides is 1. The van der Waals surface area contributed by atoms with Crippen LogP contribution < -0.4 is 4.72 Å². The number of nitrogens with zero attached hydrogens (tertiary/aromatic N) is 1. The zero-order valence-corrected chi connectivity index (χ0v) is 20.2. The second-order valence-electron chi connectivity index (χ2n) is 9.21. The minimum absolute atomic E-state index is 0.0929. The number of aliphatic hydroxyl groups is 1. The standard InChI is InChI=1S/C25H31FN2O5S/c1-3-34(31,32)27-23-20(28(16-25(23)12-13-25)24(30)21(29)15-33-2)14-18-10-7-11-19(22(18)26)17-8-5-4-6-9-17/h4-11,20-21,23,27,29H,3,12-16H2,1-2H3/t20-,21+,23+/m0/s1. The highest BCUT2D eigenvalue weighted by Gasteiger charge is 2.61. The monoisotopic (exact) mass is 490 g/mol. The van der Waals surface area contributed by atoms with E-state index in [4.69, 9.17) is 4.74 Å². The highest BCUT2D eigenvalue weighted by molar-refractivity contribution is 7.89. The van der Waals surface area contributed by atoms with Crippen LogP contribution in [-0.2, 0) is 26.0 Å². The van der Waals surface area contributed by atoms with Gasteiger partial charge in [-0.1, -0.05) is 48.5 Å². The molecule has 1 amide bonds. The number of aliphatic hydroxyl groups excluding tert-OH is 1. The maximum Gasteiger partial charge on any atom is 0.254 e. The van der Waals surface area contributed by atoms with Crippen molar-refractivity contribution in [3.63, 3.8) is 0 Å². The normalized spacial score (nSPS) is 22.2. The number of benzene rings is 2. The van der Waals surface area contributed by atoms with Gasteiger partial charge in [-0.15, -0.1) is 0 Å². The average Bonchev–Trinajstić information content (AvgIpc) is 3.56. The Labute approximate surface area is 200 Å². The van der Waals surface area contributed by atoms with Gasteiger partial charge in [-0.25, -0.2) is 17.5 Å². The summed E-state index contributed by atoms with van der Waals surface area (Å²) in [5.74, 6) is -1.02. The molecule has 1 aliphatic heterocycles. The third-order valence-electron chi connectivity index (χ3n) is 6.99. The predicted molar refractivity (Wildman–Crippen MR) is 127 cm³/mol. The van der Waals surface area contributed by atoms with E-state index >= 15 is 4.39 Å². The average molecular weight is 491 g/mol. The van der Waals surface area contributed by atoms with E-state index in [0.717, 1.165) is 18.4 Å². The van der Waals surface area contributed by atoms with E-state index in [9.17, 15) is 18.3 Å². The summed E-state index contributed by atoms with van der Waals surface area (Å²) in [5.41, 5.74) is 1.17. The Morgan fingerprint density at radius 2 is 1.94 bits per heavy atom. The first kappa shape index (κ1) is 24.8. The summed E-state index contributed by atoms with van der Waals surface area (Å²) < 4.78 is 48.4. The lowest BCUT2D eigenvalue weighted by molar-refractivity contribution is -0.143. The molecule has 1 saturated carbocycles.